The monoisotopic (exact) mass is 274 g/mol. The number of hydrogen-bond donors (Lipinski definition) is 1. The van der Waals surface area contributed by atoms with E-state index in [2.05, 4.69) is 0 Å². The molecule has 0 amide bonds. The van der Waals surface area contributed by atoms with Crippen LogP contribution in [0.15, 0.2) is 34.9 Å². The normalized spacial score (nSPS) is 13.6. The molecule has 0 bridgehead atoms. The van der Waals surface area contributed by atoms with Gasteiger partial charge in [0.25, 0.3) is 0 Å². The molecule has 2 nitrogen and oxygen atoms in total. The largest absolute Gasteiger partial charge is 0.469 e. The molecule has 0 radical (unpaired) electrons. The van der Waals surface area contributed by atoms with Crippen LogP contribution in [0.1, 0.15) is 28.6 Å². The topological polar surface area (TPSA) is 33.4 Å². The van der Waals surface area contributed by atoms with E-state index in [-0.39, 0.29) is 5.56 Å². The van der Waals surface area contributed by atoms with E-state index in [9.17, 15) is 22.7 Å². The molecule has 1 unspecified atom stereocenters. The van der Waals surface area contributed by atoms with Crippen molar-refractivity contribution in [2.75, 3.05) is 0 Å². The van der Waals surface area contributed by atoms with Crippen LogP contribution in [0.25, 0.3) is 0 Å². The maximum absolute atomic E-state index is 13.4. The molecule has 1 N–H and O–H groups in total. The van der Waals surface area contributed by atoms with Crippen molar-refractivity contribution < 1.29 is 27.1 Å². The second kappa shape index (κ2) is 4.70. The Morgan fingerprint density at radius 1 is 1.21 bits per heavy atom. The van der Waals surface area contributed by atoms with Crippen molar-refractivity contribution in [1.82, 2.24) is 0 Å². The first-order valence-electron chi connectivity index (χ1n) is 5.39. The summed E-state index contributed by atoms with van der Waals surface area (Å²) in [6.45, 7) is 1.60. The van der Waals surface area contributed by atoms with Gasteiger partial charge in [-0.1, -0.05) is 6.07 Å². The molecule has 0 saturated carbocycles. The molecule has 0 saturated heterocycles. The summed E-state index contributed by atoms with van der Waals surface area (Å²) in [5, 5.41) is 9.97. The molecule has 102 valence electrons. The first-order chi connectivity index (χ1) is 8.80. The van der Waals surface area contributed by atoms with Crippen LogP contribution in [-0.4, -0.2) is 5.11 Å². The number of hydrogen-bond acceptors (Lipinski definition) is 2. The molecule has 0 spiro atoms. The molecule has 0 fully saturated rings. The maximum Gasteiger partial charge on any atom is 0.419 e. The Labute approximate surface area is 106 Å². The second-order valence-electron chi connectivity index (χ2n) is 4.07. The van der Waals surface area contributed by atoms with Gasteiger partial charge in [0, 0.05) is 5.56 Å². The third-order valence-electron chi connectivity index (χ3n) is 2.81. The van der Waals surface area contributed by atoms with Gasteiger partial charge in [0.1, 0.15) is 17.7 Å². The average Bonchev–Trinajstić information content (AvgIpc) is 2.72. The van der Waals surface area contributed by atoms with Crippen LogP contribution in [0.5, 0.6) is 0 Å². The van der Waals surface area contributed by atoms with Gasteiger partial charge in [-0.05, 0) is 30.7 Å². The molecule has 2 aromatic rings. The molecule has 1 atom stereocenters. The fraction of sp³-hybridized carbons (Fsp3) is 0.231. The summed E-state index contributed by atoms with van der Waals surface area (Å²) in [5.41, 5.74) is -0.929. The van der Waals surface area contributed by atoms with Gasteiger partial charge in [0.2, 0.25) is 0 Å². The van der Waals surface area contributed by atoms with Gasteiger partial charge in [0.05, 0.1) is 11.8 Å². The Morgan fingerprint density at radius 3 is 2.37 bits per heavy atom. The van der Waals surface area contributed by atoms with Crippen LogP contribution in [0.4, 0.5) is 17.6 Å². The lowest BCUT2D eigenvalue weighted by molar-refractivity contribution is -0.140. The molecule has 0 aliphatic carbocycles. The van der Waals surface area contributed by atoms with E-state index in [0.717, 1.165) is 6.07 Å². The number of rotatable bonds is 2. The predicted molar refractivity (Wildman–Crippen MR) is 58.9 cm³/mol. The molecule has 2 rings (SSSR count). The Kier molecular flexibility index (Phi) is 3.36. The highest BCUT2D eigenvalue weighted by Crippen LogP contribution is 2.33. The van der Waals surface area contributed by atoms with Crippen LogP contribution >= 0.6 is 0 Å². The molecule has 1 aromatic carbocycles. The number of alkyl halides is 3. The van der Waals surface area contributed by atoms with Crippen molar-refractivity contribution in [3.05, 3.63) is 58.8 Å². The molecule has 1 aromatic heterocycles. The highest BCUT2D eigenvalue weighted by molar-refractivity contribution is 5.34. The van der Waals surface area contributed by atoms with E-state index >= 15 is 0 Å². The van der Waals surface area contributed by atoms with Gasteiger partial charge in [0.15, 0.2) is 0 Å². The van der Waals surface area contributed by atoms with Crippen molar-refractivity contribution in [2.24, 2.45) is 0 Å². The van der Waals surface area contributed by atoms with Crippen molar-refractivity contribution in [3.8, 4) is 0 Å². The van der Waals surface area contributed by atoms with Crippen molar-refractivity contribution in [3.63, 3.8) is 0 Å². The number of aliphatic hydroxyl groups is 1. The minimum absolute atomic E-state index is 0.0370. The highest BCUT2D eigenvalue weighted by Gasteiger charge is 2.34. The van der Waals surface area contributed by atoms with Crippen LogP contribution in [-0.2, 0) is 6.18 Å². The van der Waals surface area contributed by atoms with Crippen LogP contribution < -0.4 is 0 Å². The van der Waals surface area contributed by atoms with Crippen molar-refractivity contribution >= 4 is 0 Å². The lowest BCUT2D eigenvalue weighted by Crippen LogP contribution is -2.09. The molecular weight excluding hydrogens is 264 g/mol. The van der Waals surface area contributed by atoms with Gasteiger partial charge in [-0.3, -0.25) is 0 Å². The summed E-state index contributed by atoms with van der Waals surface area (Å²) in [6, 6.07) is 3.82. The summed E-state index contributed by atoms with van der Waals surface area (Å²) in [5.74, 6) is -0.988. The lowest BCUT2D eigenvalue weighted by atomic mass is 10.0. The van der Waals surface area contributed by atoms with E-state index in [1.165, 1.54) is 12.3 Å². The van der Waals surface area contributed by atoms with Gasteiger partial charge in [-0.15, -0.1) is 0 Å². The molecule has 0 aliphatic rings. The average molecular weight is 274 g/mol. The maximum atomic E-state index is 13.4. The Hall–Kier alpha value is -1.82. The fourth-order valence-corrected chi connectivity index (χ4v) is 1.79. The van der Waals surface area contributed by atoms with E-state index in [0.29, 0.717) is 23.5 Å². The van der Waals surface area contributed by atoms with Crippen LogP contribution in [0.3, 0.4) is 0 Å². The zero-order chi connectivity index (χ0) is 14.2. The third-order valence-corrected chi connectivity index (χ3v) is 2.81. The number of aliphatic hydroxyl groups excluding tert-OH is 1. The molecule has 6 heteroatoms. The SMILES string of the molecule is Cc1occc1C(O)c1ccc(C(F)(F)F)c(F)c1. The first-order valence-corrected chi connectivity index (χ1v) is 5.39. The van der Waals surface area contributed by atoms with Gasteiger partial charge < -0.3 is 9.52 Å². The molecular formula is C13H10F4O2. The fourth-order valence-electron chi connectivity index (χ4n) is 1.79. The molecule has 0 aliphatic heterocycles. The lowest BCUT2D eigenvalue weighted by Gasteiger charge is -2.13. The second-order valence-corrected chi connectivity index (χ2v) is 4.07. The van der Waals surface area contributed by atoms with Gasteiger partial charge in [-0.2, -0.15) is 13.2 Å². The van der Waals surface area contributed by atoms with Gasteiger partial charge in [-0.25, -0.2) is 4.39 Å². The summed E-state index contributed by atoms with van der Waals surface area (Å²) >= 11 is 0. The smallest absolute Gasteiger partial charge is 0.419 e. The van der Waals surface area contributed by atoms with E-state index in [4.69, 9.17) is 4.42 Å². The van der Waals surface area contributed by atoms with E-state index in [1.807, 2.05) is 0 Å². The minimum atomic E-state index is -4.75. The summed E-state index contributed by atoms with van der Waals surface area (Å²) in [7, 11) is 0. The summed E-state index contributed by atoms with van der Waals surface area (Å²) < 4.78 is 55.6. The molecule has 19 heavy (non-hydrogen) atoms. The van der Waals surface area contributed by atoms with Gasteiger partial charge >= 0.3 is 6.18 Å². The number of aryl methyl sites for hydroxylation is 1. The predicted octanol–water partition coefficient (Wildman–Crippen LogP) is 3.83. The molecule has 1 heterocycles. The summed E-state index contributed by atoms with van der Waals surface area (Å²) in [6.07, 6.45) is -4.64. The Morgan fingerprint density at radius 2 is 1.89 bits per heavy atom. The number of halogens is 4. The summed E-state index contributed by atoms with van der Waals surface area (Å²) in [4.78, 5) is 0. The minimum Gasteiger partial charge on any atom is -0.469 e. The zero-order valence-electron chi connectivity index (χ0n) is 9.83. The van der Waals surface area contributed by atoms with Crippen LogP contribution in [0.2, 0.25) is 0 Å². The standard InChI is InChI=1S/C13H10F4O2/c1-7-9(4-5-19-7)12(18)8-2-3-10(11(14)6-8)13(15,16)17/h2-6,12,18H,1H3. The number of benzene rings is 1. The third kappa shape index (κ3) is 2.63. The first kappa shape index (κ1) is 13.6. The van der Waals surface area contributed by atoms with Crippen LogP contribution in [0, 0.1) is 12.7 Å². The highest BCUT2D eigenvalue weighted by atomic mass is 19.4. The number of furan rings is 1. The Bertz CT molecular complexity index is 587. The van der Waals surface area contributed by atoms with Crippen molar-refractivity contribution in [2.45, 2.75) is 19.2 Å². The quantitative estimate of drug-likeness (QED) is 0.844. The Balaban J connectivity index is 2.38. The van der Waals surface area contributed by atoms with E-state index < -0.39 is 23.7 Å². The zero-order valence-corrected chi connectivity index (χ0v) is 9.83. The van der Waals surface area contributed by atoms with E-state index in [1.54, 1.807) is 6.92 Å². The van der Waals surface area contributed by atoms with Crippen molar-refractivity contribution in [1.29, 1.82) is 0 Å².